The lowest BCUT2D eigenvalue weighted by Crippen LogP contribution is -2.29. The number of aromatic hydroxyl groups is 3. The summed E-state index contributed by atoms with van der Waals surface area (Å²) in [6.45, 7) is 2.02. The molecule has 5 rings (SSSR count). The topological polar surface area (TPSA) is 69.9 Å². The van der Waals surface area contributed by atoms with E-state index in [9.17, 15) is 15.3 Å². The van der Waals surface area contributed by atoms with E-state index >= 15 is 0 Å². The van der Waals surface area contributed by atoms with Gasteiger partial charge in [-0.3, -0.25) is 0 Å². The maximum Gasteiger partial charge on any atom is 0.135 e. The molecular weight excluding hydrogens is 352 g/mol. The fourth-order valence-corrected chi connectivity index (χ4v) is 4.23. The van der Waals surface area contributed by atoms with Crippen LogP contribution in [0.3, 0.4) is 0 Å². The summed E-state index contributed by atoms with van der Waals surface area (Å²) in [6.07, 6.45) is 0. The van der Waals surface area contributed by atoms with Gasteiger partial charge in [0.2, 0.25) is 0 Å². The second kappa shape index (κ2) is 5.67. The van der Waals surface area contributed by atoms with Gasteiger partial charge in [0, 0.05) is 34.2 Å². The Kier molecular flexibility index (Phi) is 3.34. The van der Waals surface area contributed by atoms with Crippen LogP contribution >= 0.6 is 0 Å². The van der Waals surface area contributed by atoms with Gasteiger partial charge in [0.25, 0.3) is 0 Å². The average molecular weight is 370 g/mol. The van der Waals surface area contributed by atoms with Crippen molar-refractivity contribution in [3.05, 3.63) is 89.5 Å². The summed E-state index contributed by atoms with van der Waals surface area (Å²) in [5.41, 5.74) is 1.65. The predicted octanol–water partition coefficient (Wildman–Crippen LogP) is 5.42. The molecule has 4 nitrogen and oxygen atoms in total. The molecule has 0 spiro atoms. The minimum Gasteiger partial charge on any atom is -0.508 e. The predicted molar refractivity (Wildman–Crippen MR) is 107 cm³/mol. The highest BCUT2D eigenvalue weighted by Crippen LogP contribution is 2.55. The molecule has 0 radical (unpaired) electrons. The first kappa shape index (κ1) is 16.5. The van der Waals surface area contributed by atoms with Gasteiger partial charge in [0.1, 0.15) is 28.7 Å². The van der Waals surface area contributed by atoms with Crippen LogP contribution in [0.5, 0.6) is 28.7 Å². The van der Waals surface area contributed by atoms with Crippen LogP contribution in [0.15, 0.2) is 72.8 Å². The van der Waals surface area contributed by atoms with Gasteiger partial charge in [0.05, 0.1) is 5.41 Å². The van der Waals surface area contributed by atoms with E-state index in [1.54, 1.807) is 24.3 Å². The second-order valence-electron chi connectivity index (χ2n) is 7.27. The number of phenolic OH excluding ortho intramolecular Hbond substituents is 3. The lowest BCUT2D eigenvalue weighted by Gasteiger charge is -2.38. The summed E-state index contributed by atoms with van der Waals surface area (Å²) in [5.74, 6) is 1.38. The number of phenols is 3. The van der Waals surface area contributed by atoms with Gasteiger partial charge in [0.15, 0.2) is 0 Å². The molecule has 4 aromatic rings. The van der Waals surface area contributed by atoms with Crippen molar-refractivity contribution >= 4 is 10.8 Å². The Morgan fingerprint density at radius 2 is 1.25 bits per heavy atom. The highest BCUT2D eigenvalue weighted by atomic mass is 16.5. The van der Waals surface area contributed by atoms with Crippen molar-refractivity contribution in [1.82, 2.24) is 0 Å². The molecule has 4 aromatic carbocycles. The van der Waals surface area contributed by atoms with Gasteiger partial charge >= 0.3 is 0 Å². The third kappa shape index (κ3) is 2.18. The molecule has 0 atom stereocenters. The Bertz CT molecular complexity index is 1190. The first-order valence-corrected chi connectivity index (χ1v) is 9.04. The summed E-state index contributed by atoms with van der Waals surface area (Å²) in [6, 6.07) is 21.6. The van der Waals surface area contributed by atoms with Crippen LogP contribution in [-0.2, 0) is 5.41 Å². The zero-order valence-corrected chi connectivity index (χ0v) is 15.2. The number of ether oxygens (including phenoxy) is 1. The van der Waals surface area contributed by atoms with Crippen LogP contribution in [0.1, 0.15) is 23.6 Å². The van der Waals surface area contributed by atoms with Gasteiger partial charge in [-0.25, -0.2) is 0 Å². The lowest BCUT2D eigenvalue weighted by molar-refractivity contribution is 0.403. The molecular formula is C24H18O4. The number of hydrogen-bond acceptors (Lipinski definition) is 4. The largest absolute Gasteiger partial charge is 0.508 e. The van der Waals surface area contributed by atoms with Crippen LogP contribution in [0.2, 0.25) is 0 Å². The Morgan fingerprint density at radius 3 is 1.89 bits per heavy atom. The van der Waals surface area contributed by atoms with E-state index in [-0.39, 0.29) is 17.2 Å². The Hall–Kier alpha value is -3.66. The summed E-state index contributed by atoms with van der Waals surface area (Å²) < 4.78 is 5.98. The highest BCUT2D eigenvalue weighted by molar-refractivity contribution is 5.90. The fourth-order valence-electron chi connectivity index (χ4n) is 4.23. The molecule has 0 bridgehead atoms. The molecule has 3 N–H and O–H groups in total. The molecule has 4 heteroatoms. The van der Waals surface area contributed by atoms with E-state index in [4.69, 9.17) is 4.74 Å². The van der Waals surface area contributed by atoms with Crippen molar-refractivity contribution in [1.29, 1.82) is 0 Å². The van der Waals surface area contributed by atoms with Crippen molar-refractivity contribution in [3.63, 3.8) is 0 Å². The fraction of sp³-hybridized carbons (Fsp3) is 0.0833. The molecule has 0 unspecified atom stereocenters. The molecule has 0 amide bonds. The molecule has 0 fully saturated rings. The standard InChI is InChI=1S/C24H18O4/c1-24(20-9-6-14-4-2-3-5-17(14)23(20)27)18-10-7-15(25)12-21(18)28-22-13-16(26)8-11-19(22)24/h2-13,25-27H,1H3. The van der Waals surface area contributed by atoms with E-state index in [1.807, 2.05) is 55.5 Å². The summed E-state index contributed by atoms with van der Waals surface area (Å²) in [5, 5.41) is 32.8. The molecule has 0 saturated heterocycles. The van der Waals surface area contributed by atoms with Crippen molar-refractivity contribution < 1.29 is 20.1 Å². The third-order valence-corrected chi connectivity index (χ3v) is 5.67. The average Bonchev–Trinajstić information content (AvgIpc) is 2.68. The Morgan fingerprint density at radius 1 is 0.679 bits per heavy atom. The van der Waals surface area contributed by atoms with Crippen molar-refractivity contribution in [2.75, 3.05) is 0 Å². The van der Waals surface area contributed by atoms with Crippen LogP contribution in [0.4, 0.5) is 0 Å². The molecule has 0 aromatic heterocycles. The summed E-state index contributed by atoms with van der Waals surface area (Å²) in [7, 11) is 0. The summed E-state index contributed by atoms with van der Waals surface area (Å²) in [4.78, 5) is 0. The molecule has 1 aliphatic rings. The number of rotatable bonds is 1. The van der Waals surface area contributed by atoms with Gasteiger partial charge in [-0.2, -0.15) is 0 Å². The smallest absolute Gasteiger partial charge is 0.135 e. The van der Waals surface area contributed by atoms with Gasteiger partial charge < -0.3 is 20.1 Å². The van der Waals surface area contributed by atoms with Crippen molar-refractivity contribution in [3.8, 4) is 28.7 Å². The minimum absolute atomic E-state index is 0.0902. The maximum absolute atomic E-state index is 11.2. The quantitative estimate of drug-likeness (QED) is 0.419. The van der Waals surface area contributed by atoms with Crippen LogP contribution in [-0.4, -0.2) is 15.3 Å². The Labute approximate surface area is 161 Å². The second-order valence-corrected chi connectivity index (χ2v) is 7.27. The third-order valence-electron chi connectivity index (χ3n) is 5.67. The van der Waals surface area contributed by atoms with E-state index in [0.717, 1.165) is 27.5 Å². The van der Waals surface area contributed by atoms with Crippen LogP contribution in [0.25, 0.3) is 10.8 Å². The molecule has 138 valence electrons. The lowest BCUT2D eigenvalue weighted by atomic mass is 9.68. The molecule has 0 aliphatic carbocycles. The van der Waals surface area contributed by atoms with Crippen LogP contribution in [0, 0.1) is 0 Å². The number of fused-ring (bicyclic) bond motifs is 3. The molecule has 0 saturated carbocycles. The zero-order valence-electron chi connectivity index (χ0n) is 15.2. The minimum atomic E-state index is -0.738. The number of benzene rings is 4. The van der Waals surface area contributed by atoms with Crippen molar-refractivity contribution in [2.24, 2.45) is 0 Å². The highest BCUT2D eigenvalue weighted by Gasteiger charge is 2.42. The first-order valence-electron chi connectivity index (χ1n) is 9.04. The van der Waals surface area contributed by atoms with E-state index in [1.165, 1.54) is 0 Å². The first-order chi connectivity index (χ1) is 13.5. The normalized spacial score (nSPS) is 14.2. The van der Waals surface area contributed by atoms with Gasteiger partial charge in [-0.05, 0) is 24.4 Å². The monoisotopic (exact) mass is 370 g/mol. The molecule has 1 aliphatic heterocycles. The van der Waals surface area contributed by atoms with E-state index in [2.05, 4.69) is 0 Å². The van der Waals surface area contributed by atoms with Crippen molar-refractivity contribution in [2.45, 2.75) is 12.3 Å². The van der Waals surface area contributed by atoms with Gasteiger partial charge in [-0.1, -0.05) is 48.5 Å². The number of hydrogen-bond donors (Lipinski definition) is 3. The molecule has 1 heterocycles. The molecule has 28 heavy (non-hydrogen) atoms. The SMILES string of the molecule is CC1(c2ccc3ccccc3c2O)c2ccc(O)cc2Oc2cc(O)ccc21. The van der Waals surface area contributed by atoms with E-state index in [0.29, 0.717) is 11.5 Å². The zero-order chi connectivity index (χ0) is 19.5. The van der Waals surface area contributed by atoms with Crippen LogP contribution < -0.4 is 4.74 Å². The summed E-state index contributed by atoms with van der Waals surface area (Å²) >= 11 is 0. The van der Waals surface area contributed by atoms with E-state index < -0.39 is 5.41 Å². The van der Waals surface area contributed by atoms with Gasteiger partial charge in [-0.15, -0.1) is 0 Å². The maximum atomic E-state index is 11.2. The Balaban J connectivity index is 1.87.